The van der Waals surface area contributed by atoms with Crippen molar-refractivity contribution >= 4 is 77.7 Å². The van der Waals surface area contributed by atoms with Gasteiger partial charge in [-0.2, -0.15) is 0 Å². The third-order valence-electron chi connectivity index (χ3n) is 16.7. The molecule has 0 saturated carbocycles. The Hall–Kier alpha value is -6.36. The summed E-state index contributed by atoms with van der Waals surface area (Å²) in [4.78, 5) is 5.46. The molecule has 0 bridgehead atoms. The Balaban J connectivity index is 1.29. The van der Waals surface area contributed by atoms with Crippen LogP contribution >= 0.6 is 11.3 Å². The zero-order valence-electron chi connectivity index (χ0n) is 44.2. The van der Waals surface area contributed by atoms with Crippen molar-refractivity contribution in [3.63, 3.8) is 0 Å². The molecule has 0 amide bonds. The summed E-state index contributed by atoms with van der Waals surface area (Å²) in [5.41, 5.74) is 26.2. The van der Waals surface area contributed by atoms with E-state index in [-0.39, 0.29) is 28.5 Å². The number of hydrogen-bond acceptors (Lipinski definition) is 3. The highest BCUT2D eigenvalue weighted by Gasteiger charge is 2.49. The van der Waals surface area contributed by atoms with Crippen molar-refractivity contribution in [1.29, 1.82) is 0 Å². The fourth-order valence-electron chi connectivity index (χ4n) is 12.8. The van der Waals surface area contributed by atoms with Crippen molar-refractivity contribution < 1.29 is 0 Å². The Morgan fingerprint density at radius 2 is 1.11 bits per heavy atom. The van der Waals surface area contributed by atoms with E-state index in [1.54, 1.807) is 0 Å². The van der Waals surface area contributed by atoms with Gasteiger partial charge in [-0.05, 0) is 182 Å². The van der Waals surface area contributed by atoms with Crippen LogP contribution in [0.5, 0.6) is 0 Å². The monoisotopic (exact) mass is 943 g/mol. The van der Waals surface area contributed by atoms with E-state index in [0.717, 1.165) is 12.8 Å². The average Bonchev–Trinajstić information content (AvgIpc) is 3.71. The Bertz CT molecular complexity index is 3630. The minimum Gasteiger partial charge on any atom is -0.376 e. The minimum atomic E-state index is -0.128. The molecule has 2 aliphatic heterocycles. The maximum Gasteiger partial charge on any atom is 0.334 e. The van der Waals surface area contributed by atoms with Crippen LogP contribution in [0, 0.1) is 20.8 Å². The minimum absolute atomic E-state index is 0.0234. The quantitative estimate of drug-likeness (QED) is 0.162. The van der Waals surface area contributed by atoms with Crippen molar-refractivity contribution in [2.45, 2.75) is 125 Å². The first-order valence-corrected chi connectivity index (χ1v) is 26.8. The van der Waals surface area contributed by atoms with Gasteiger partial charge in [0, 0.05) is 54.0 Å². The number of aryl methyl sites for hydroxylation is 3. The molecule has 0 spiro atoms. The lowest BCUT2D eigenvalue weighted by atomic mass is 9.43. The number of rotatable bonds is 4. The first kappa shape index (κ1) is 45.8. The fraction of sp³-hybridized carbons (Fsp3) is 0.284. The predicted molar refractivity (Wildman–Crippen MR) is 311 cm³/mol. The second kappa shape index (κ2) is 15.8. The van der Waals surface area contributed by atoms with Crippen LogP contribution in [0.25, 0.3) is 53.6 Å². The smallest absolute Gasteiger partial charge is 0.334 e. The molecule has 1 aliphatic carbocycles. The van der Waals surface area contributed by atoms with E-state index in [2.05, 4.69) is 245 Å². The highest BCUT2D eigenvalue weighted by molar-refractivity contribution is 7.27. The van der Waals surface area contributed by atoms with Crippen molar-refractivity contribution in [3.05, 3.63) is 185 Å². The standard InChI is InChI=1S/C67H67BN2S/c1-40-33-41(2)60(42(3)34-40)44-35-52-51-38-53-54(67(12,13)32-31-66(53,10)11)39-57(51)70(47-26-23-45(24-27-47)64(4,5)6)68-61(52)58(36-44)69(56-30-28-49-48-21-17-18-22-59(48)71-63(49)62(56)68)55-29-25-46(65(7,8)9)37-50(55)43-19-15-14-16-20-43/h14-30,33-39H,31-32H2,1-13H3. The summed E-state index contributed by atoms with van der Waals surface area (Å²) in [6.07, 6.45) is 2.31. The Morgan fingerprint density at radius 3 is 1.79 bits per heavy atom. The van der Waals surface area contributed by atoms with Crippen LogP contribution in [0.1, 0.15) is 121 Å². The fourth-order valence-corrected chi connectivity index (χ4v) is 14.0. The van der Waals surface area contributed by atoms with E-state index in [1.807, 2.05) is 11.3 Å². The summed E-state index contributed by atoms with van der Waals surface area (Å²) in [6.45, 7) is 30.6. The first-order chi connectivity index (χ1) is 33.7. The van der Waals surface area contributed by atoms with Crippen molar-refractivity contribution in [3.8, 4) is 33.4 Å². The van der Waals surface area contributed by atoms with E-state index >= 15 is 0 Å². The molecule has 2 nitrogen and oxygen atoms in total. The van der Waals surface area contributed by atoms with Gasteiger partial charge in [-0.3, -0.25) is 0 Å². The van der Waals surface area contributed by atoms with Gasteiger partial charge in [0.05, 0.1) is 5.69 Å². The molecular formula is C67H67BN2S. The molecule has 0 atom stereocenters. The first-order valence-electron chi connectivity index (χ1n) is 26.0. The van der Waals surface area contributed by atoms with Gasteiger partial charge in [0.2, 0.25) is 0 Å². The Labute approximate surface area is 427 Å². The SMILES string of the molecule is Cc1cc(C)c(-c2cc3c4c(c2)N(c2ccc(C(C)(C)C)cc2-c2ccccc2)c2ccc5c(sc6ccccc65)c2B4N(c2ccc(C(C)(C)C)cc2)c2cc4c(cc2-3)C(C)(C)CCC4(C)C)c(C)c1. The second-order valence-corrected chi connectivity index (χ2v) is 25.7. The summed E-state index contributed by atoms with van der Waals surface area (Å²) >= 11 is 1.96. The van der Waals surface area contributed by atoms with Crippen molar-refractivity contribution in [1.82, 2.24) is 0 Å². The molecule has 0 N–H and O–H groups in total. The van der Waals surface area contributed by atoms with Crippen LogP contribution in [0.2, 0.25) is 0 Å². The molecule has 3 heterocycles. The number of nitrogens with zero attached hydrogens (tertiary/aromatic N) is 2. The zero-order chi connectivity index (χ0) is 49.7. The van der Waals surface area contributed by atoms with E-state index in [1.165, 1.54) is 132 Å². The number of hydrogen-bond donors (Lipinski definition) is 0. The predicted octanol–water partition coefficient (Wildman–Crippen LogP) is 18.0. The lowest BCUT2D eigenvalue weighted by Crippen LogP contribution is -2.61. The molecule has 0 fully saturated rings. The van der Waals surface area contributed by atoms with Gasteiger partial charge in [0.25, 0.3) is 0 Å². The van der Waals surface area contributed by atoms with E-state index in [9.17, 15) is 0 Å². The molecule has 3 aliphatic rings. The summed E-state index contributed by atoms with van der Waals surface area (Å²) in [6, 6.07) is 57.2. The van der Waals surface area contributed by atoms with Crippen LogP contribution in [0.3, 0.4) is 0 Å². The second-order valence-electron chi connectivity index (χ2n) is 24.6. The normalized spacial score (nSPS) is 15.7. The molecule has 0 radical (unpaired) electrons. The maximum absolute atomic E-state index is 2.77. The van der Waals surface area contributed by atoms with Crippen LogP contribution in [-0.2, 0) is 21.7 Å². The number of thiophene rings is 1. The molecular weight excluding hydrogens is 876 g/mol. The summed E-state index contributed by atoms with van der Waals surface area (Å²) in [5.74, 6) is 0. The van der Waals surface area contributed by atoms with Crippen molar-refractivity contribution in [2.24, 2.45) is 0 Å². The molecule has 4 heteroatoms. The van der Waals surface area contributed by atoms with Gasteiger partial charge >= 0.3 is 6.85 Å². The molecule has 354 valence electrons. The molecule has 8 aromatic carbocycles. The third-order valence-corrected chi connectivity index (χ3v) is 17.9. The number of fused-ring (bicyclic) bond motifs is 9. The number of anilines is 5. The highest BCUT2D eigenvalue weighted by atomic mass is 32.1. The lowest BCUT2D eigenvalue weighted by molar-refractivity contribution is 0.332. The van der Waals surface area contributed by atoms with E-state index < -0.39 is 0 Å². The molecule has 0 unspecified atom stereocenters. The topological polar surface area (TPSA) is 6.48 Å². The van der Waals surface area contributed by atoms with Gasteiger partial charge in [0.15, 0.2) is 0 Å². The van der Waals surface area contributed by atoms with Gasteiger partial charge in [0.1, 0.15) is 0 Å². The summed E-state index contributed by atoms with van der Waals surface area (Å²) < 4.78 is 2.68. The van der Waals surface area contributed by atoms with Gasteiger partial charge < -0.3 is 9.71 Å². The molecule has 1 aromatic heterocycles. The third kappa shape index (κ3) is 7.17. The average molecular weight is 943 g/mol. The van der Waals surface area contributed by atoms with Crippen LogP contribution in [-0.4, -0.2) is 6.85 Å². The molecule has 71 heavy (non-hydrogen) atoms. The van der Waals surface area contributed by atoms with Crippen LogP contribution < -0.4 is 20.6 Å². The molecule has 9 aromatic rings. The summed E-state index contributed by atoms with van der Waals surface area (Å²) in [7, 11) is 0. The van der Waals surface area contributed by atoms with Crippen LogP contribution in [0.15, 0.2) is 146 Å². The van der Waals surface area contributed by atoms with Crippen molar-refractivity contribution in [2.75, 3.05) is 9.71 Å². The zero-order valence-corrected chi connectivity index (χ0v) is 45.0. The molecule has 0 saturated heterocycles. The van der Waals surface area contributed by atoms with Crippen LogP contribution in [0.4, 0.5) is 28.4 Å². The van der Waals surface area contributed by atoms with E-state index in [4.69, 9.17) is 0 Å². The Kier molecular flexibility index (Phi) is 10.2. The van der Waals surface area contributed by atoms with Gasteiger partial charge in [-0.25, -0.2) is 0 Å². The van der Waals surface area contributed by atoms with Gasteiger partial charge in [-0.1, -0.05) is 160 Å². The molecule has 12 rings (SSSR count). The highest BCUT2D eigenvalue weighted by Crippen LogP contribution is 2.55. The Morgan fingerprint density at radius 1 is 0.493 bits per heavy atom. The van der Waals surface area contributed by atoms with Gasteiger partial charge in [-0.15, -0.1) is 11.3 Å². The number of benzene rings is 8. The summed E-state index contributed by atoms with van der Waals surface area (Å²) in [5, 5.41) is 2.65. The maximum atomic E-state index is 2.77. The lowest BCUT2D eigenvalue weighted by Gasteiger charge is -2.48. The largest absolute Gasteiger partial charge is 0.376 e. The van der Waals surface area contributed by atoms with E-state index in [0.29, 0.717) is 0 Å².